The van der Waals surface area contributed by atoms with Gasteiger partial charge in [0.2, 0.25) is 0 Å². The minimum Gasteiger partial charge on any atom is -0.327 e. The first-order valence-electron chi connectivity index (χ1n) is 7.93. The summed E-state index contributed by atoms with van der Waals surface area (Å²) in [5, 5.41) is 2.96. The molecule has 0 aliphatic heterocycles. The van der Waals surface area contributed by atoms with E-state index in [1.807, 2.05) is 42.5 Å². The number of benzene rings is 2. The summed E-state index contributed by atoms with van der Waals surface area (Å²) in [4.78, 5) is 12.4. The number of hydrogen-bond acceptors (Lipinski definition) is 2. The molecule has 1 aliphatic rings. The van der Waals surface area contributed by atoms with Gasteiger partial charge in [0.05, 0.1) is 0 Å². The van der Waals surface area contributed by atoms with Gasteiger partial charge in [-0.25, -0.2) is 0 Å². The Labute approximate surface area is 131 Å². The largest absolute Gasteiger partial charge is 0.327 e. The zero-order valence-corrected chi connectivity index (χ0v) is 12.9. The Morgan fingerprint density at radius 3 is 2.68 bits per heavy atom. The van der Waals surface area contributed by atoms with Crippen LogP contribution < -0.4 is 11.1 Å². The smallest absolute Gasteiger partial charge is 0.255 e. The molecule has 0 radical (unpaired) electrons. The lowest BCUT2D eigenvalue weighted by molar-refractivity contribution is 0.102. The van der Waals surface area contributed by atoms with Gasteiger partial charge in [-0.05, 0) is 66.6 Å². The van der Waals surface area contributed by atoms with Crippen molar-refractivity contribution in [2.75, 3.05) is 5.32 Å². The summed E-state index contributed by atoms with van der Waals surface area (Å²) in [6.45, 7) is 2.12. The van der Waals surface area contributed by atoms with Crippen molar-refractivity contribution < 1.29 is 4.79 Å². The summed E-state index contributed by atoms with van der Waals surface area (Å²) in [5.74, 6) is -0.0538. The Bertz CT molecular complexity index is 676. The van der Waals surface area contributed by atoms with E-state index < -0.39 is 0 Å². The second kappa shape index (κ2) is 6.32. The summed E-state index contributed by atoms with van der Waals surface area (Å²) in [6, 6.07) is 14.2. The van der Waals surface area contributed by atoms with Crippen LogP contribution in [0.5, 0.6) is 0 Å². The molecular weight excluding hydrogens is 272 g/mol. The first kappa shape index (κ1) is 14.8. The Morgan fingerprint density at radius 2 is 1.95 bits per heavy atom. The van der Waals surface area contributed by atoms with Crippen LogP contribution in [-0.4, -0.2) is 11.9 Å². The zero-order chi connectivity index (χ0) is 15.5. The fraction of sp³-hybridized carbons (Fsp3) is 0.316. The van der Waals surface area contributed by atoms with Gasteiger partial charge in [0.25, 0.3) is 5.91 Å². The van der Waals surface area contributed by atoms with E-state index in [0.29, 0.717) is 5.56 Å². The maximum absolute atomic E-state index is 12.4. The van der Waals surface area contributed by atoms with Crippen LogP contribution >= 0.6 is 0 Å². The van der Waals surface area contributed by atoms with Crippen molar-refractivity contribution in [3.05, 3.63) is 64.7 Å². The molecule has 2 aromatic rings. The lowest BCUT2D eigenvalue weighted by Gasteiger charge is -2.21. The van der Waals surface area contributed by atoms with E-state index in [1.165, 1.54) is 16.7 Å². The van der Waals surface area contributed by atoms with Crippen LogP contribution in [-0.2, 0) is 19.3 Å². The second-order valence-electron chi connectivity index (χ2n) is 5.99. The van der Waals surface area contributed by atoms with Crippen LogP contribution in [0, 0.1) is 0 Å². The van der Waals surface area contributed by atoms with Gasteiger partial charge in [0.1, 0.15) is 0 Å². The molecule has 0 bridgehead atoms. The lowest BCUT2D eigenvalue weighted by Crippen LogP contribution is -2.28. The molecular formula is C19H22N2O. The zero-order valence-electron chi connectivity index (χ0n) is 12.9. The highest BCUT2D eigenvalue weighted by atomic mass is 16.1. The molecule has 114 valence electrons. The molecule has 2 aromatic carbocycles. The molecule has 0 fully saturated rings. The van der Waals surface area contributed by atoms with Gasteiger partial charge in [-0.2, -0.15) is 0 Å². The van der Waals surface area contributed by atoms with Crippen molar-refractivity contribution >= 4 is 11.6 Å². The van der Waals surface area contributed by atoms with E-state index in [9.17, 15) is 4.79 Å². The first-order chi connectivity index (χ1) is 10.7. The van der Waals surface area contributed by atoms with Gasteiger partial charge in [-0.1, -0.05) is 25.1 Å². The summed E-state index contributed by atoms with van der Waals surface area (Å²) in [5.41, 5.74) is 11.4. The van der Waals surface area contributed by atoms with E-state index in [-0.39, 0.29) is 11.9 Å². The number of carbonyl (C=O) groups excluding carboxylic acids is 1. The number of fused-ring (bicyclic) bond motifs is 1. The van der Waals surface area contributed by atoms with E-state index in [4.69, 9.17) is 5.73 Å². The third-order valence-electron chi connectivity index (χ3n) is 4.36. The van der Waals surface area contributed by atoms with Crippen LogP contribution in [0.3, 0.4) is 0 Å². The maximum atomic E-state index is 12.4. The molecule has 22 heavy (non-hydrogen) atoms. The third-order valence-corrected chi connectivity index (χ3v) is 4.36. The highest BCUT2D eigenvalue weighted by Gasteiger charge is 2.17. The minimum atomic E-state index is -0.0538. The average molecular weight is 294 g/mol. The fourth-order valence-corrected chi connectivity index (χ4v) is 2.95. The topological polar surface area (TPSA) is 55.1 Å². The SMILES string of the molecule is CCc1ccc(NC(=O)c2ccc3c(c2)CC[C@@H](N)C3)cc1. The highest BCUT2D eigenvalue weighted by molar-refractivity contribution is 6.04. The molecule has 0 spiro atoms. The molecule has 1 amide bonds. The van der Waals surface area contributed by atoms with Gasteiger partial charge in [-0.15, -0.1) is 0 Å². The quantitative estimate of drug-likeness (QED) is 0.912. The van der Waals surface area contributed by atoms with Crippen LogP contribution in [0.1, 0.15) is 40.4 Å². The predicted octanol–water partition coefficient (Wildman–Crippen LogP) is 3.32. The lowest BCUT2D eigenvalue weighted by atomic mass is 9.87. The minimum absolute atomic E-state index is 0.0538. The molecule has 1 atom stereocenters. The van der Waals surface area contributed by atoms with Crippen molar-refractivity contribution in [3.8, 4) is 0 Å². The van der Waals surface area contributed by atoms with Crippen molar-refractivity contribution in [1.82, 2.24) is 0 Å². The molecule has 0 unspecified atom stereocenters. The molecule has 0 saturated heterocycles. The predicted molar refractivity (Wildman–Crippen MR) is 90.2 cm³/mol. The molecule has 1 aliphatic carbocycles. The second-order valence-corrected chi connectivity index (χ2v) is 5.99. The van der Waals surface area contributed by atoms with Crippen LogP contribution in [0.25, 0.3) is 0 Å². The summed E-state index contributed by atoms with van der Waals surface area (Å²) < 4.78 is 0. The molecule has 3 rings (SSSR count). The van der Waals surface area contributed by atoms with Crippen LogP contribution in [0.15, 0.2) is 42.5 Å². The normalized spacial score (nSPS) is 16.9. The standard InChI is InChI=1S/C19H22N2O/c1-2-13-3-9-18(10-4-13)21-19(22)16-6-5-15-12-17(20)8-7-14(15)11-16/h3-6,9-11,17H,2,7-8,12,20H2,1H3,(H,21,22)/t17-/m1/s1. The highest BCUT2D eigenvalue weighted by Crippen LogP contribution is 2.22. The fourth-order valence-electron chi connectivity index (χ4n) is 2.95. The monoisotopic (exact) mass is 294 g/mol. The number of nitrogens with one attached hydrogen (secondary N) is 1. The third kappa shape index (κ3) is 3.20. The Kier molecular flexibility index (Phi) is 4.25. The van der Waals surface area contributed by atoms with E-state index >= 15 is 0 Å². The molecule has 3 heteroatoms. The number of nitrogens with two attached hydrogens (primary N) is 1. The van der Waals surface area contributed by atoms with Crippen molar-refractivity contribution in [3.63, 3.8) is 0 Å². The Hall–Kier alpha value is -2.13. The Balaban J connectivity index is 1.74. The van der Waals surface area contributed by atoms with Gasteiger partial charge in [0.15, 0.2) is 0 Å². The van der Waals surface area contributed by atoms with Crippen molar-refractivity contribution in [2.45, 2.75) is 38.6 Å². The van der Waals surface area contributed by atoms with E-state index in [0.717, 1.165) is 31.4 Å². The van der Waals surface area contributed by atoms with Gasteiger partial charge in [0, 0.05) is 17.3 Å². The number of carbonyl (C=O) groups is 1. The molecule has 0 heterocycles. The number of rotatable bonds is 3. The number of aryl methyl sites for hydroxylation is 2. The van der Waals surface area contributed by atoms with Crippen LogP contribution in [0.2, 0.25) is 0 Å². The Morgan fingerprint density at radius 1 is 1.18 bits per heavy atom. The number of hydrogen-bond donors (Lipinski definition) is 2. The van der Waals surface area contributed by atoms with Gasteiger partial charge >= 0.3 is 0 Å². The van der Waals surface area contributed by atoms with Gasteiger partial charge in [-0.3, -0.25) is 4.79 Å². The summed E-state index contributed by atoms with van der Waals surface area (Å²) >= 11 is 0. The molecule has 3 N–H and O–H groups in total. The average Bonchev–Trinajstić information content (AvgIpc) is 2.55. The summed E-state index contributed by atoms with van der Waals surface area (Å²) in [6.07, 6.45) is 3.87. The molecule has 0 saturated carbocycles. The number of anilines is 1. The number of amides is 1. The molecule has 0 aromatic heterocycles. The molecule has 3 nitrogen and oxygen atoms in total. The van der Waals surface area contributed by atoms with Crippen molar-refractivity contribution in [2.24, 2.45) is 5.73 Å². The van der Waals surface area contributed by atoms with Crippen molar-refractivity contribution in [1.29, 1.82) is 0 Å². The van der Waals surface area contributed by atoms with E-state index in [2.05, 4.69) is 12.2 Å². The van der Waals surface area contributed by atoms with E-state index in [1.54, 1.807) is 0 Å². The maximum Gasteiger partial charge on any atom is 0.255 e. The van der Waals surface area contributed by atoms with Crippen LogP contribution in [0.4, 0.5) is 5.69 Å². The first-order valence-corrected chi connectivity index (χ1v) is 7.93. The van der Waals surface area contributed by atoms with Gasteiger partial charge < -0.3 is 11.1 Å². The summed E-state index contributed by atoms with van der Waals surface area (Å²) in [7, 11) is 0.